The Balaban J connectivity index is 1.50. The number of amides is 1. The van der Waals surface area contributed by atoms with E-state index in [9.17, 15) is 9.90 Å². The average Bonchev–Trinajstić information content (AvgIpc) is 3.24. The number of fused-ring (bicyclic) bond motifs is 1. The molecule has 1 amide bonds. The summed E-state index contributed by atoms with van der Waals surface area (Å²) < 4.78 is 0. The molecule has 4 nitrogen and oxygen atoms in total. The number of benzene rings is 2. The third kappa shape index (κ3) is 3.21. The smallest absolute Gasteiger partial charge is 0.227 e. The SMILES string of the molecule is CN(Cc1cccc(O)c1)C(=O)[C@H]1C[C@@H](c2ccccc2)N2CCC[C@H]12. The van der Waals surface area contributed by atoms with Gasteiger partial charge in [0.25, 0.3) is 0 Å². The van der Waals surface area contributed by atoms with Gasteiger partial charge in [0.05, 0.1) is 5.92 Å². The zero-order chi connectivity index (χ0) is 18.1. The van der Waals surface area contributed by atoms with E-state index in [0.29, 0.717) is 18.6 Å². The monoisotopic (exact) mass is 350 g/mol. The molecule has 136 valence electrons. The molecule has 2 heterocycles. The highest BCUT2D eigenvalue weighted by Crippen LogP contribution is 2.45. The summed E-state index contributed by atoms with van der Waals surface area (Å²) in [6.45, 7) is 1.62. The first kappa shape index (κ1) is 17.1. The molecule has 4 rings (SSSR count). The van der Waals surface area contributed by atoms with Crippen LogP contribution in [0.3, 0.4) is 0 Å². The van der Waals surface area contributed by atoms with Crippen molar-refractivity contribution in [1.82, 2.24) is 9.80 Å². The number of phenols is 1. The average molecular weight is 350 g/mol. The number of hydrogen-bond donors (Lipinski definition) is 1. The highest BCUT2D eigenvalue weighted by Gasteiger charge is 2.47. The van der Waals surface area contributed by atoms with Gasteiger partial charge in [0.2, 0.25) is 5.91 Å². The minimum atomic E-state index is 0.0602. The minimum absolute atomic E-state index is 0.0602. The topological polar surface area (TPSA) is 43.8 Å². The third-order valence-corrected chi connectivity index (χ3v) is 5.89. The van der Waals surface area contributed by atoms with E-state index in [0.717, 1.165) is 24.9 Å². The Kier molecular flexibility index (Phi) is 4.68. The predicted octanol–water partition coefficient (Wildman–Crippen LogP) is 3.58. The van der Waals surface area contributed by atoms with E-state index in [1.54, 1.807) is 12.1 Å². The molecule has 2 saturated heterocycles. The summed E-state index contributed by atoms with van der Waals surface area (Å²) in [7, 11) is 1.88. The maximum Gasteiger partial charge on any atom is 0.227 e. The molecule has 0 spiro atoms. The van der Waals surface area contributed by atoms with Crippen LogP contribution in [0, 0.1) is 5.92 Å². The Morgan fingerprint density at radius 3 is 2.77 bits per heavy atom. The molecule has 2 aromatic carbocycles. The van der Waals surface area contributed by atoms with Crippen molar-refractivity contribution in [3.05, 3.63) is 65.7 Å². The molecule has 2 aliphatic heterocycles. The van der Waals surface area contributed by atoms with E-state index in [4.69, 9.17) is 0 Å². The summed E-state index contributed by atoms with van der Waals surface area (Å²) in [4.78, 5) is 17.6. The largest absolute Gasteiger partial charge is 0.508 e. The van der Waals surface area contributed by atoms with Crippen LogP contribution in [0.15, 0.2) is 54.6 Å². The molecule has 26 heavy (non-hydrogen) atoms. The van der Waals surface area contributed by atoms with Crippen LogP contribution in [0.5, 0.6) is 5.75 Å². The molecule has 0 bridgehead atoms. The second-order valence-corrected chi connectivity index (χ2v) is 7.58. The van der Waals surface area contributed by atoms with E-state index in [-0.39, 0.29) is 17.6 Å². The lowest BCUT2D eigenvalue weighted by atomic mass is 9.93. The first-order valence-electron chi connectivity index (χ1n) is 9.47. The molecule has 3 atom stereocenters. The molecular formula is C22H26N2O2. The van der Waals surface area contributed by atoms with Gasteiger partial charge >= 0.3 is 0 Å². The standard InChI is InChI=1S/C22H26N2O2/c1-23(15-16-7-5-10-18(25)13-16)22(26)19-14-21(17-8-3-2-4-9-17)24-12-6-11-20(19)24/h2-5,7-10,13,19-21,25H,6,11-12,14-15H2,1H3/t19-,20+,21-/m0/s1. The van der Waals surface area contributed by atoms with Gasteiger partial charge in [-0.3, -0.25) is 9.69 Å². The first-order valence-corrected chi connectivity index (χ1v) is 9.47. The summed E-state index contributed by atoms with van der Waals surface area (Å²) in [5.74, 6) is 0.531. The van der Waals surface area contributed by atoms with E-state index in [1.807, 2.05) is 30.1 Å². The van der Waals surface area contributed by atoms with Crippen molar-refractivity contribution in [1.29, 1.82) is 0 Å². The molecule has 0 unspecified atom stereocenters. The van der Waals surface area contributed by atoms with Gasteiger partial charge < -0.3 is 10.0 Å². The summed E-state index contributed by atoms with van der Waals surface area (Å²) >= 11 is 0. The summed E-state index contributed by atoms with van der Waals surface area (Å²) in [6.07, 6.45) is 3.19. The van der Waals surface area contributed by atoms with Crippen molar-refractivity contribution in [2.75, 3.05) is 13.6 Å². The Labute approximate surface area is 155 Å². The van der Waals surface area contributed by atoms with Crippen LogP contribution in [-0.2, 0) is 11.3 Å². The second kappa shape index (κ2) is 7.12. The number of nitrogens with zero attached hydrogens (tertiary/aromatic N) is 2. The van der Waals surface area contributed by atoms with Crippen molar-refractivity contribution < 1.29 is 9.90 Å². The summed E-state index contributed by atoms with van der Waals surface area (Å²) in [5.41, 5.74) is 2.28. The van der Waals surface area contributed by atoms with E-state index >= 15 is 0 Å². The molecular weight excluding hydrogens is 324 g/mol. The molecule has 4 heteroatoms. The fraction of sp³-hybridized carbons (Fsp3) is 0.409. The first-order chi connectivity index (χ1) is 12.6. The molecule has 1 N–H and O–H groups in total. The van der Waals surface area contributed by atoms with Gasteiger partial charge in [-0.05, 0) is 49.1 Å². The maximum absolute atomic E-state index is 13.2. The van der Waals surface area contributed by atoms with Crippen molar-refractivity contribution >= 4 is 5.91 Å². The van der Waals surface area contributed by atoms with Gasteiger partial charge in [0.15, 0.2) is 0 Å². The lowest BCUT2D eigenvalue weighted by Crippen LogP contribution is -2.38. The summed E-state index contributed by atoms with van der Waals surface area (Å²) in [6, 6.07) is 18.5. The van der Waals surface area contributed by atoms with Crippen molar-refractivity contribution in [3.8, 4) is 5.75 Å². The third-order valence-electron chi connectivity index (χ3n) is 5.89. The Morgan fingerprint density at radius 1 is 1.19 bits per heavy atom. The second-order valence-electron chi connectivity index (χ2n) is 7.58. The van der Waals surface area contributed by atoms with Crippen LogP contribution in [0.25, 0.3) is 0 Å². The Bertz CT molecular complexity index is 777. The molecule has 0 aliphatic carbocycles. The van der Waals surface area contributed by atoms with Crippen LogP contribution in [0.2, 0.25) is 0 Å². The normalized spacial score (nSPS) is 25.2. The number of carbonyl (C=O) groups excluding carboxylic acids is 1. The van der Waals surface area contributed by atoms with Crippen LogP contribution >= 0.6 is 0 Å². The minimum Gasteiger partial charge on any atom is -0.508 e. The van der Waals surface area contributed by atoms with E-state index in [2.05, 4.69) is 29.2 Å². The van der Waals surface area contributed by atoms with Gasteiger partial charge in [-0.25, -0.2) is 0 Å². The molecule has 2 fully saturated rings. The van der Waals surface area contributed by atoms with Crippen LogP contribution in [0.4, 0.5) is 0 Å². The van der Waals surface area contributed by atoms with Crippen LogP contribution < -0.4 is 0 Å². The number of rotatable bonds is 4. The number of carbonyl (C=O) groups is 1. The zero-order valence-corrected chi connectivity index (χ0v) is 15.2. The fourth-order valence-corrected chi connectivity index (χ4v) is 4.72. The highest BCUT2D eigenvalue weighted by molar-refractivity contribution is 5.80. The van der Waals surface area contributed by atoms with Gasteiger partial charge in [0.1, 0.15) is 5.75 Å². The fourth-order valence-electron chi connectivity index (χ4n) is 4.72. The molecule has 2 aliphatic rings. The zero-order valence-electron chi connectivity index (χ0n) is 15.2. The van der Waals surface area contributed by atoms with Crippen LogP contribution in [-0.4, -0.2) is 40.4 Å². The van der Waals surface area contributed by atoms with E-state index in [1.165, 1.54) is 12.0 Å². The molecule has 0 aromatic heterocycles. The van der Waals surface area contributed by atoms with Gasteiger partial charge in [-0.1, -0.05) is 42.5 Å². The molecule has 0 saturated carbocycles. The maximum atomic E-state index is 13.2. The lowest BCUT2D eigenvalue weighted by molar-refractivity contribution is -0.135. The van der Waals surface area contributed by atoms with Crippen molar-refractivity contribution in [2.24, 2.45) is 5.92 Å². The Morgan fingerprint density at radius 2 is 2.00 bits per heavy atom. The van der Waals surface area contributed by atoms with Crippen molar-refractivity contribution in [2.45, 2.75) is 37.9 Å². The lowest BCUT2D eigenvalue weighted by Gasteiger charge is -2.26. The predicted molar refractivity (Wildman–Crippen MR) is 102 cm³/mol. The number of phenolic OH excluding ortho intramolecular Hbond substituents is 1. The van der Waals surface area contributed by atoms with Crippen molar-refractivity contribution in [3.63, 3.8) is 0 Å². The summed E-state index contributed by atoms with van der Waals surface area (Å²) in [5, 5.41) is 9.65. The van der Waals surface area contributed by atoms with Gasteiger partial charge in [-0.15, -0.1) is 0 Å². The number of hydrogen-bond acceptors (Lipinski definition) is 3. The van der Waals surface area contributed by atoms with Gasteiger partial charge in [0, 0.05) is 25.7 Å². The van der Waals surface area contributed by atoms with E-state index < -0.39 is 0 Å². The molecule has 2 aromatic rings. The molecule has 0 radical (unpaired) electrons. The Hall–Kier alpha value is -2.33. The van der Waals surface area contributed by atoms with Crippen LogP contribution in [0.1, 0.15) is 36.4 Å². The highest BCUT2D eigenvalue weighted by atomic mass is 16.3. The van der Waals surface area contributed by atoms with Gasteiger partial charge in [-0.2, -0.15) is 0 Å². The quantitative estimate of drug-likeness (QED) is 0.917. The number of aromatic hydroxyl groups is 1.